The molecule has 0 spiro atoms. The monoisotopic (exact) mass is 183 g/mol. The fourth-order valence-corrected chi connectivity index (χ4v) is 1.22. The van der Waals surface area contributed by atoms with E-state index in [2.05, 4.69) is 0 Å². The second-order valence-electron chi connectivity index (χ2n) is 3.03. The fraction of sp³-hybridized carbons (Fsp3) is 0.400. The number of hydrogen-bond acceptors (Lipinski definition) is 2. The van der Waals surface area contributed by atoms with Gasteiger partial charge in [0.05, 0.1) is 0 Å². The Balaban J connectivity index is 2.60. The van der Waals surface area contributed by atoms with Crippen LogP contribution in [0.5, 0.6) is 0 Å². The van der Waals surface area contributed by atoms with Gasteiger partial charge in [-0.3, -0.25) is 0 Å². The number of benzene rings is 1. The summed E-state index contributed by atoms with van der Waals surface area (Å²) in [7, 11) is 0. The van der Waals surface area contributed by atoms with E-state index in [1.54, 1.807) is 12.1 Å². The summed E-state index contributed by atoms with van der Waals surface area (Å²) in [5, 5.41) is 8.59. The lowest BCUT2D eigenvalue weighted by molar-refractivity contribution is 0.280. The fourth-order valence-electron chi connectivity index (χ4n) is 1.22. The van der Waals surface area contributed by atoms with Crippen molar-refractivity contribution in [3.63, 3.8) is 0 Å². The van der Waals surface area contributed by atoms with Crippen LogP contribution in [0.4, 0.5) is 4.39 Å². The van der Waals surface area contributed by atoms with Gasteiger partial charge in [0, 0.05) is 12.6 Å². The van der Waals surface area contributed by atoms with Crippen molar-refractivity contribution in [2.75, 3.05) is 6.61 Å². The first kappa shape index (κ1) is 10.2. The molecule has 0 aliphatic heterocycles. The zero-order valence-electron chi connectivity index (χ0n) is 7.41. The van der Waals surface area contributed by atoms with Gasteiger partial charge in [-0.2, -0.15) is 0 Å². The van der Waals surface area contributed by atoms with Crippen molar-refractivity contribution in [3.05, 3.63) is 35.6 Å². The maximum Gasteiger partial charge on any atom is 0.123 e. The van der Waals surface area contributed by atoms with Crippen LogP contribution in [0, 0.1) is 5.82 Å². The molecule has 13 heavy (non-hydrogen) atoms. The first-order valence-electron chi connectivity index (χ1n) is 4.36. The van der Waals surface area contributed by atoms with E-state index >= 15 is 0 Å². The Morgan fingerprint density at radius 2 is 2.23 bits per heavy atom. The molecule has 3 heteroatoms. The van der Waals surface area contributed by atoms with Gasteiger partial charge in [-0.25, -0.2) is 4.39 Å². The maximum atomic E-state index is 12.7. The maximum absolute atomic E-state index is 12.7. The third kappa shape index (κ3) is 3.13. The van der Waals surface area contributed by atoms with Crippen LogP contribution in [0.15, 0.2) is 24.3 Å². The molecule has 1 aromatic carbocycles. The molecular formula is C10H14FNO. The summed E-state index contributed by atoms with van der Waals surface area (Å²) in [5.41, 5.74) is 6.56. The van der Waals surface area contributed by atoms with Crippen molar-refractivity contribution < 1.29 is 9.50 Å². The van der Waals surface area contributed by atoms with Gasteiger partial charge >= 0.3 is 0 Å². The van der Waals surface area contributed by atoms with Crippen LogP contribution in [0.3, 0.4) is 0 Å². The van der Waals surface area contributed by atoms with E-state index in [4.69, 9.17) is 10.8 Å². The zero-order valence-corrected chi connectivity index (χ0v) is 7.41. The summed E-state index contributed by atoms with van der Waals surface area (Å²) >= 11 is 0. The molecule has 1 atom stereocenters. The number of nitrogens with two attached hydrogens (primary N) is 1. The predicted molar refractivity (Wildman–Crippen MR) is 49.6 cm³/mol. The third-order valence-electron chi connectivity index (χ3n) is 1.95. The number of halogens is 1. The topological polar surface area (TPSA) is 46.2 Å². The van der Waals surface area contributed by atoms with Crippen LogP contribution in [0.2, 0.25) is 0 Å². The minimum absolute atomic E-state index is 0.128. The van der Waals surface area contributed by atoms with E-state index < -0.39 is 0 Å². The summed E-state index contributed by atoms with van der Waals surface area (Å²) < 4.78 is 12.7. The van der Waals surface area contributed by atoms with Crippen LogP contribution in [-0.4, -0.2) is 11.7 Å². The number of aliphatic hydroxyl groups is 1. The van der Waals surface area contributed by atoms with Gasteiger partial charge < -0.3 is 10.8 Å². The highest BCUT2D eigenvalue weighted by Gasteiger charge is 2.05. The highest BCUT2D eigenvalue weighted by atomic mass is 19.1. The largest absolute Gasteiger partial charge is 0.396 e. The zero-order chi connectivity index (χ0) is 9.68. The van der Waals surface area contributed by atoms with E-state index in [1.807, 2.05) is 0 Å². The Morgan fingerprint density at radius 1 is 1.46 bits per heavy atom. The second-order valence-corrected chi connectivity index (χ2v) is 3.03. The quantitative estimate of drug-likeness (QED) is 0.744. The number of aliphatic hydroxyl groups excluding tert-OH is 1. The van der Waals surface area contributed by atoms with Gasteiger partial charge in [0.15, 0.2) is 0 Å². The molecule has 3 N–H and O–H groups in total. The lowest BCUT2D eigenvalue weighted by Gasteiger charge is -2.10. The van der Waals surface area contributed by atoms with Gasteiger partial charge in [-0.15, -0.1) is 0 Å². The Bertz CT molecular complexity index is 265. The van der Waals surface area contributed by atoms with Gasteiger partial charge in [-0.1, -0.05) is 12.1 Å². The molecule has 0 saturated heterocycles. The predicted octanol–water partition coefficient (Wildman–Crippen LogP) is 1.60. The van der Waals surface area contributed by atoms with Crippen molar-refractivity contribution in [1.29, 1.82) is 0 Å². The van der Waals surface area contributed by atoms with Crippen molar-refractivity contribution in [2.24, 2.45) is 5.73 Å². The lowest BCUT2D eigenvalue weighted by atomic mass is 10.0. The molecule has 1 rings (SSSR count). The Labute approximate surface area is 77.2 Å². The molecule has 0 fully saturated rings. The average Bonchev–Trinajstić information content (AvgIpc) is 2.14. The molecule has 0 saturated carbocycles. The van der Waals surface area contributed by atoms with E-state index in [-0.39, 0.29) is 18.5 Å². The first-order chi connectivity index (χ1) is 6.24. The van der Waals surface area contributed by atoms with E-state index in [9.17, 15) is 4.39 Å². The van der Waals surface area contributed by atoms with E-state index in [0.717, 1.165) is 5.56 Å². The summed E-state index contributed by atoms with van der Waals surface area (Å²) in [4.78, 5) is 0. The van der Waals surface area contributed by atoms with Crippen molar-refractivity contribution in [2.45, 2.75) is 18.9 Å². The van der Waals surface area contributed by atoms with Crippen LogP contribution >= 0.6 is 0 Å². The highest BCUT2D eigenvalue weighted by molar-refractivity contribution is 5.19. The minimum atomic E-state index is -0.267. The van der Waals surface area contributed by atoms with Crippen molar-refractivity contribution in [1.82, 2.24) is 0 Å². The number of hydrogen-bond donors (Lipinski definition) is 2. The first-order valence-corrected chi connectivity index (χ1v) is 4.36. The molecule has 1 aromatic rings. The molecule has 0 amide bonds. The van der Waals surface area contributed by atoms with Gasteiger partial charge in [0.2, 0.25) is 0 Å². The summed E-state index contributed by atoms with van der Waals surface area (Å²) in [6.07, 6.45) is 1.33. The molecule has 2 nitrogen and oxygen atoms in total. The smallest absolute Gasteiger partial charge is 0.123 e. The highest BCUT2D eigenvalue weighted by Crippen LogP contribution is 2.15. The SMILES string of the molecule is N[C@@H](CCCO)c1cccc(F)c1. The molecule has 0 aromatic heterocycles. The summed E-state index contributed by atoms with van der Waals surface area (Å²) in [6, 6.07) is 6.08. The molecule has 0 aliphatic carbocycles. The van der Waals surface area contributed by atoms with E-state index in [0.29, 0.717) is 12.8 Å². The molecule has 0 radical (unpaired) electrons. The lowest BCUT2D eigenvalue weighted by Crippen LogP contribution is -2.10. The van der Waals surface area contributed by atoms with Gasteiger partial charge in [0.25, 0.3) is 0 Å². The van der Waals surface area contributed by atoms with Crippen LogP contribution in [0.25, 0.3) is 0 Å². The molecular weight excluding hydrogens is 169 g/mol. The molecule has 0 unspecified atom stereocenters. The number of rotatable bonds is 4. The second kappa shape index (κ2) is 4.94. The van der Waals surface area contributed by atoms with Crippen molar-refractivity contribution in [3.8, 4) is 0 Å². The summed E-state index contributed by atoms with van der Waals surface area (Å²) in [5.74, 6) is -0.267. The summed E-state index contributed by atoms with van der Waals surface area (Å²) in [6.45, 7) is 0.128. The third-order valence-corrected chi connectivity index (χ3v) is 1.95. The van der Waals surface area contributed by atoms with Crippen LogP contribution in [0.1, 0.15) is 24.4 Å². The Hall–Kier alpha value is -0.930. The minimum Gasteiger partial charge on any atom is -0.396 e. The van der Waals surface area contributed by atoms with Crippen LogP contribution < -0.4 is 5.73 Å². The Morgan fingerprint density at radius 3 is 2.85 bits per heavy atom. The molecule has 0 aliphatic rings. The van der Waals surface area contributed by atoms with Crippen molar-refractivity contribution >= 4 is 0 Å². The molecule has 72 valence electrons. The normalized spacial score (nSPS) is 12.8. The molecule has 0 heterocycles. The standard InChI is InChI=1S/C10H14FNO/c11-9-4-1-3-8(7-9)10(12)5-2-6-13/h1,3-4,7,10,13H,2,5-6,12H2/t10-/m0/s1. The van der Waals surface area contributed by atoms with E-state index in [1.165, 1.54) is 12.1 Å². The average molecular weight is 183 g/mol. The molecule has 0 bridgehead atoms. The van der Waals surface area contributed by atoms with Gasteiger partial charge in [-0.05, 0) is 30.5 Å². The Kier molecular flexibility index (Phi) is 3.86. The van der Waals surface area contributed by atoms with Gasteiger partial charge in [0.1, 0.15) is 5.82 Å². The van der Waals surface area contributed by atoms with Crippen LogP contribution in [-0.2, 0) is 0 Å².